The van der Waals surface area contributed by atoms with Gasteiger partial charge in [0.2, 0.25) is 6.79 Å². The Balaban J connectivity index is 1.38. The molecule has 2 aromatic carbocycles. The van der Waals surface area contributed by atoms with Crippen LogP contribution < -0.4 is 14.4 Å². The highest BCUT2D eigenvalue weighted by molar-refractivity contribution is 5.99. The molecule has 25 heavy (non-hydrogen) atoms. The van der Waals surface area contributed by atoms with Gasteiger partial charge in [-0.2, -0.15) is 0 Å². The summed E-state index contributed by atoms with van der Waals surface area (Å²) in [6.07, 6.45) is 0.876. The van der Waals surface area contributed by atoms with Gasteiger partial charge in [-0.25, -0.2) is 0 Å². The van der Waals surface area contributed by atoms with Crippen LogP contribution >= 0.6 is 0 Å². The second kappa shape index (κ2) is 6.47. The summed E-state index contributed by atoms with van der Waals surface area (Å²) >= 11 is 0. The van der Waals surface area contributed by atoms with Crippen molar-refractivity contribution >= 4 is 17.3 Å². The lowest BCUT2D eigenvalue weighted by Gasteiger charge is -2.16. The fourth-order valence-corrected chi connectivity index (χ4v) is 3.03. The van der Waals surface area contributed by atoms with E-state index in [-0.39, 0.29) is 19.3 Å². The van der Waals surface area contributed by atoms with Gasteiger partial charge in [-0.1, -0.05) is 23.4 Å². The quantitative estimate of drug-likeness (QED) is 0.635. The second-order valence-corrected chi connectivity index (χ2v) is 5.94. The molecule has 0 radical (unpaired) electrons. The highest BCUT2D eigenvalue weighted by atomic mass is 16.7. The number of hydrogen-bond donors (Lipinski definition) is 0. The summed E-state index contributed by atoms with van der Waals surface area (Å²) < 4.78 is 10.6. The van der Waals surface area contributed by atoms with Crippen LogP contribution in [0, 0.1) is 0 Å². The largest absolute Gasteiger partial charge is 0.454 e. The molecule has 0 atom stereocenters. The molecule has 0 saturated heterocycles. The Morgan fingerprint density at radius 2 is 2.04 bits per heavy atom. The zero-order valence-corrected chi connectivity index (χ0v) is 13.9. The van der Waals surface area contributed by atoms with E-state index < -0.39 is 0 Å². The van der Waals surface area contributed by atoms with Crippen LogP contribution in [0.2, 0.25) is 0 Å². The Hall–Kier alpha value is -3.02. The highest BCUT2D eigenvalue weighted by Gasteiger charge is 2.24. The van der Waals surface area contributed by atoms with E-state index in [1.165, 1.54) is 5.56 Å². The molecular weight excluding hydrogens is 320 g/mol. The number of anilines is 1. The number of carbonyl (C=O) groups excluding carboxylic acids is 1. The van der Waals surface area contributed by atoms with Gasteiger partial charge in [0.1, 0.15) is 0 Å². The molecule has 0 saturated carbocycles. The molecule has 2 heterocycles. The second-order valence-electron chi connectivity index (χ2n) is 5.94. The molecule has 0 aliphatic carbocycles. The van der Waals surface area contributed by atoms with Crippen molar-refractivity contribution in [3.05, 3.63) is 53.6 Å². The lowest BCUT2D eigenvalue weighted by molar-refractivity contribution is -0.122. The fourth-order valence-electron chi connectivity index (χ4n) is 3.03. The van der Waals surface area contributed by atoms with Crippen LogP contribution in [0.1, 0.15) is 18.1 Å². The summed E-state index contributed by atoms with van der Waals surface area (Å²) in [4.78, 5) is 19.4. The molecule has 0 N–H and O–H groups in total. The maximum atomic E-state index is 12.4. The SMILES string of the molecule is C/C(=N\OCC(=O)N1CCc2ccccc21)c1ccc2c(c1)OCO2. The fraction of sp³-hybridized carbons (Fsp3) is 0.263. The molecule has 0 fully saturated rings. The Kier molecular flexibility index (Phi) is 4.01. The number of ether oxygens (including phenoxy) is 2. The molecule has 0 unspecified atom stereocenters. The number of benzene rings is 2. The van der Waals surface area contributed by atoms with Crippen molar-refractivity contribution in [2.24, 2.45) is 5.16 Å². The van der Waals surface area contributed by atoms with Gasteiger partial charge in [0.15, 0.2) is 18.1 Å². The number of oxime groups is 1. The van der Waals surface area contributed by atoms with Gasteiger partial charge in [0, 0.05) is 17.8 Å². The minimum Gasteiger partial charge on any atom is -0.454 e. The Labute approximate surface area is 145 Å². The number of amides is 1. The van der Waals surface area contributed by atoms with Gasteiger partial charge >= 0.3 is 0 Å². The zero-order valence-electron chi connectivity index (χ0n) is 13.9. The third kappa shape index (κ3) is 3.03. The van der Waals surface area contributed by atoms with Crippen molar-refractivity contribution in [1.29, 1.82) is 0 Å². The normalized spacial score (nSPS) is 15.2. The monoisotopic (exact) mass is 338 g/mol. The van der Waals surface area contributed by atoms with Crippen LogP contribution in [-0.2, 0) is 16.1 Å². The molecule has 6 heteroatoms. The predicted molar refractivity (Wildman–Crippen MR) is 93.2 cm³/mol. The number of hydrogen-bond acceptors (Lipinski definition) is 5. The molecule has 128 valence electrons. The van der Waals surface area contributed by atoms with Crippen LogP contribution in [0.15, 0.2) is 47.6 Å². The maximum absolute atomic E-state index is 12.4. The maximum Gasteiger partial charge on any atom is 0.267 e. The first-order valence-electron chi connectivity index (χ1n) is 8.17. The minimum absolute atomic E-state index is 0.0871. The number of carbonyl (C=O) groups is 1. The molecule has 0 aromatic heterocycles. The highest BCUT2D eigenvalue weighted by Crippen LogP contribution is 2.32. The molecule has 0 bridgehead atoms. The predicted octanol–water partition coefficient (Wildman–Crippen LogP) is 2.75. The molecule has 2 aliphatic heterocycles. The number of rotatable bonds is 4. The van der Waals surface area contributed by atoms with Crippen molar-refractivity contribution in [3.63, 3.8) is 0 Å². The average Bonchev–Trinajstić information content (AvgIpc) is 3.27. The standard InChI is InChI=1S/C19H18N2O4/c1-13(15-6-7-17-18(10-15)24-12-23-17)20-25-11-19(22)21-9-8-14-4-2-3-5-16(14)21/h2-7,10H,8-9,11-12H2,1H3/b20-13+. The van der Waals surface area contributed by atoms with Crippen LogP contribution in [-0.4, -0.2) is 31.6 Å². The molecule has 2 aliphatic rings. The topological polar surface area (TPSA) is 60.4 Å². The van der Waals surface area contributed by atoms with E-state index in [4.69, 9.17) is 14.3 Å². The van der Waals surface area contributed by atoms with Crippen molar-refractivity contribution < 1.29 is 19.1 Å². The molecule has 2 aromatic rings. The molecule has 0 spiro atoms. The molecule has 6 nitrogen and oxygen atoms in total. The van der Waals surface area contributed by atoms with E-state index in [1.807, 2.05) is 49.4 Å². The third-order valence-electron chi connectivity index (χ3n) is 4.37. The van der Waals surface area contributed by atoms with Crippen LogP contribution in [0.25, 0.3) is 0 Å². The lowest BCUT2D eigenvalue weighted by Crippen LogP contribution is -2.31. The van der Waals surface area contributed by atoms with Gasteiger partial charge in [-0.05, 0) is 43.2 Å². The van der Waals surface area contributed by atoms with E-state index in [0.717, 1.165) is 23.4 Å². The zero-order chi connectivity index (χ0) is 17.2. The first-order valence-corrected chi connectivity index (χ1v) is 8.17. The summed E-state index contributed by atoms with van der Waals surface area (Å²) in [7, 11) is 0. The van der Waals surface area contributed by atoms with E-state index >= 15 is 0 Å². The van der Waals surface area contributed by atoms with Crippen molar-refractivity contribution in [3.8, 4) is 11.5 Å². The van der Waals surface area contributed by atoms with Gasteiger partial charge < -0.3 is 19.2 Å². The molecular formula is C19H18N2O4. The summed E-state index contributed by atoms with van der Waals surface area (Å²) in [6.45, 7) is 2.66. The van der Waals surface area contributed by atoms with E-state index in [9.17, 15) is 4.79 Å². The van der Waals surface area contributed by atoms with E-state index in [0.29, 0.717) is 18.0 Å². The van der Waals surface area contributed by atoms with Gasteiger partial charge in [-0.3, -0.25) is 4.79 Å². The van der Waals surface area contributed by atoms with Crippen LogP contribution in [0.4, 0.5) is 5.69 Å². The summed E-state index contributed by atoms with van der Waals surface area (Å²) in [6, 6.07) is 13.5. The van der Waals surface area contributed by atoms with Gasteiger partial charge in [0.05, 0.1) is 5.71 Å². The number of nitrogens with zero attached hydrogens (tertiary/aromatic N) is 2. The lowest BCUT2D eigenvalue weighted by atomic mass is 10.1. The minimum atomic E-state index is -0.0906. The molecule has 4 rings (SSSR count). The van der Waals surface area contributed by atoms with Crippen LogP contribution in [0.3, 0.4) is 0 Å². The summed E-state index contributed by atoms with van der Waals surface area (Å²) in [5.41, 5.74) is 3.69. The van der Waals surface area contributed by atoms with Crippen molar-refractivity contribution in [1.82, 2.24) is 0 Å². The smallest absolute Gasteiger partial charge is 0.267 e. The molecule has 1 amide bonds. The Bertz CT molecular complexity index is 847. The Morgan fingerprint density at radius 1 is 1.20 bits per heavy atom. The number of fused-ring (bicyclic) bond motifs is 2. The van der Waals surface area contributed by atoms with E-state index in [1.54, 1.807) is 4.90 Å². The van der Waals surface area contributed by atoms with Crippen LogP contribution in [0.5, 0.6) is 11.5 Å². The average molecular weight is 338 g/mol. The van der Waals surface area contributed by atoms with Gasteiger partial charge in [0.25, 0.3) is 5.91 Å². The van der Waals surface area contributed by atoms with Crippen molar-refractivity contribution in [2.75, 3.05) is 24.8 Å². The summed E-state index contributed by atoms with van der Waals surface area (Å²) in [5.74, 6) is 1.32. The Morgan fingerprint density at radius 3 is 2.96 bits per heavy atom. The van der Waals surface area contributed by atoms with Crippen molar-refractivity contribution in [2.45, 2.75) is 13.3 Å². The third-order valence-corrected chi connectivity index (χ3v) is 4.37. The number of para-hydroxylation sites is 1. The first-order chi connectivity index (χ1) is 12.2. The first kappa shape index (κ1) is 15.5. The summed E-state index contributed by atoms with van der Waals surface area (Å²) in [5, 5.41) is 4.06. The van der Waals surface area contributed by atoms with Gasteiger partial charge in [-0.15, -0.1) is 0 Å². The van der Waals surface area contributed by atoms with E-state index in [2.05, 4.69) is 5.16 Å².